The smallest absolute Gasteiger partial charge is 0.307 e. The minimum absolute atomic E-state index is 0.102. The summed E-state index contributed by atoms with van der Waals surface area (Å²) in [5, 5.41) is 8.70. The van der Waals surface area contributed by atoms with Crippen LogP contribution < -0.4 is 0 Å². The predicted molar refractivity (Wildman–Crippen MR) is 46.8 cm³/mol. The lowest BCUT2D eigenvalue weighted by Gasteiger charge is -1.96. The highest BCUT2D eigenvalue weighted by molar-refractivity contribution is 5.71. The van der Waals surface area contributed by atoms with Gasteiger partial charge in [-0.15, -0.1) is 0 Å². The van der Waals surface area contributed by atoms with Crippen LogP contribution in [0.1, 0.15) is 29.1 Å². The fourth-order valence-electron chi connectivity index (χ4n) is 1.99. The normalized spacial score (nSPS) is 14.5. The molecule has 0 radical (unpaired) electrons. The van der Waals surface area contributed by atoms with E-state index in [9.17, 15) is 4.79 Å². The molecule has 1 N–H and O–H groups in total. The summed E-state index contributed by atoms with van der Waals surface area (Å²) >= 11 is 0. The van der Waals surface area contributed by atoms with E-state index in [2.05, 4.69) is 0 Å². The largest absolute Gasteiger partial charge is 0.481 e. The Balaban J connectivity index is 2.38. The van der Waals surface area contributed by atoms with Crippen molar-refractivity contribution in [2.75, 3.05) is 0 Å². The second kappa shape index (κ2) is 2.91. The van der Waals surface area contributed by atoms with Crippen LogP contribution in [0, 0.1) is 6.92 Å². The maximum absolute atomic E-state index is 10.6. The van der Waals surface area contributed by atoms with Crippen LogP contribution in [0.5, 0.6) is 0 Å². The summed E-state index contributed by atoms with van der Waals surface area (Å²) in [5.74, 6) is 1.01. The highest BCUT2D eigenvalue weighted by Crippen LogP contribution is 2.30. The number of carboxylic acid groups (broad SMARTS) is 1. The van der Waals surface area contributed by atoms with E-state index < -0.39 is 5.97 Å². The highest BCUT2D eigenvalue weighted by atomic mass is 16.4. The van der Waals surface area contributed by atoms with Crippen molar-refractivity contribution in [1.29, 1.82) is 0 Å². The molecule has 3 nitrogen and oxygen atoms in total. The molecule has 0 unspecified atom stereocenters. The molecule has 0 saturated heterocycles. The van der Waals surface area contributed by atoms with Crippen LogP contribution in [-0.4, -0.2) is 11.1 Å². The molecule has 0 aliphatic heterocycles. The Morgan fingerprint density at radius 1 is 1.54 bits per heavy atom. The Bertz CT molecular complexity index is 349. The Morgan fingerprint density at radius 2 is 2.31 bits per heavy atom. The third-order valence-corrected chi connectivity index (χ3v) is 2.56. The van der Waals surface area contributed by atoms with E-state index >= 15 is 0 Å². The molecule has 0 saturated carbocycles. The zero-order valence-electron chi connectivity index (χ0n) is 7.59. The maximum atomic E-state index is 10.6. The second-order valence-electron chi connectivity index (χ2n) is 3.46. The summed E-state index contributed by atoms with van der Waals surface area (Å²) in [6, 6.07) is 0. The molecule has 0 aromatic carbocycles. The first-order chi connectivity index (χ1) is 6.18. The van der Waals surface area contributed by atoms with Crippen LogP contribution in [0.3, 0.4) is 0 Å². The molecule has 1 aliphatic carbocycles. The van der Waals surface area contributed by atoms with Crippen LogP contribution in [0.15, 0.2) is 4.42 Å². The first-order valence-electron chi connectivity index (χ1n) is 4.50. The Kier molecular flexibility index (Phi) is 1.87. The Hall–Kier alpha value is -1.25. The molecule has 1 aliphatic rings. The highest BCUT2D eigenvalue weighted by Gasteiger charge is 2.22. The van der Waals surface area contributed by atoms with Gasteiger partial charge in [-0.3, -0.25) is 4.79 Å². The van der Waals surface area contributed by atoms with Crippen LogP contribution in [0.4, 0.5) is 0 Å². The average Bonchev–Trinajstić information content (AvgIpc) is 2.55. The van der Waals surface area contributed by atoms with Gasteiger partial charge in [-0.25, -0.2) is 0 Å². The molecule has 0 bridgehead atoms. The standard InChI is InChI=1S/C10H12O3/c1-6-8(5-10(11)12)7-3-2-4-9(7)13-6/h2-5H2,1H3,(H,11,12). The van der Waals surface area contributed by atoms with E-state index in [4.69, 9.17) is 9.52 Å². The maximum Gasteiger partial charge on any atom is 0.307 e. The Labute approximate surface area is 76.4 Å². The molecular weight excluding hydrogens is 168 g/mol. The van der Waals surface area contributed by atoms with Gasteiger partial charge in [0.05, 0.1) is 6.42 Å². The summed E-state index contributed by atoms with van der Waals surface area (Å²) in [6.07, 6.45) is 3.15. The van der Waals surface area contributed by atoms with Crippen molar-refractivity contribution in [2.45, 2.75) is 32.6 Å². The molecule has 70 valence electrons. The van der Waals surface area contributed by atoms with Crippen LogP contribution >= 0.6 is 0 Å². The number of fused-ring (bicyclic) bond motifs is 1. The number of rotatable bonds is 2. The van der Waals surface area contributed by atoms with Gasteiger partial charge in [0.1, 0.15) is 11.5 Å². The number of hydrogen-bond donors (Lipinski definition) is 1. The lowest BCUT2D eigenvalue weighted by molar-refractivity contribution is -0.136. The summed E-state index contributed by atoms with van der Waals surface area (Å²) in [7, 11) is 0. The summed E-state index contributed by atoms with van der Waals surface area (Å²) in [4.78, 5) is 10.6. The summed E-state index contributed by atoms with van der Waals surface area (Å²) < 4.78 is 5.49. The van der Waals surface area contributed by atoms with Crippen LogP contribution in [-0.2, 0) is 24.1 Å². The Morgan fingerprint density at radius 3 is 3.00 bits per heavy atom. The van der Waals surface area contributed by atoms with E-state index in [1.165, 1.54) is 0 Å². The van der Waals surface area contributed by atoms with Crippen molar-refractivity contribution in [3.63, 3.8) is 0 Å². The lowest BCUT2D eigenvalue weighted by Crippen LogP contribution is -2.02. The molecule has 1 aromatic rings. The lowest BCUT2D eigenvalue weighted by atomic mass is 10.1. The van der Waals surface area contributed by atoms with Crippen molar-refractivity contribution < 1.29 is 14.3 Å². The molecular formula is C10H12O3. The van der Waals surface area contributed by atoms with E-state index in [0.717, 1.165) is 41.9 Å². The van der Waals surface area contributed by atoms with Crippen molar-refractivity contribution in [3.05, 3.63) is 22.6 Å². The fourth-order valence-corrected chi connectivity index (χ4v) is 1.99. The van der Waals surface area contributed by atoms with Crippen LogP contribution in [0.2, 0.25) is 0 Å². The molecule has 3 heteroatoms. The zero-order valence-corrected chi connectivity index (χ0v) is 7.59. The number of hydrogen-bond acceptors (Lipinski definition) is 2. The molecule has 0 atom stereocenters. The van der Waals surface area contributed by atoms with Crippen molar-refractivity contribution >= 4 is 5.97 Å². The average molecular weight is 180 g/mol. The molecule has 1 heterocycles. The van der Waals surface area contributed by atoms with Crippen LogP contribution in [0.25, 0.3) is 0 Å². The molecule has 0 amide bonds. The van der Waals surface area contributed by atoms with Gasteiger partial charge in [0.2, 0.25) is 0 Å². The number of carbonyl (C=O) groups is 1. The van der Waals surface area contributed by atoms with Crippen molar-refractivity contribution in [2.24, 2.45) is 0 Å². The van der Waals surface area contributed by atoms with Gasteiger partial charge >= 0.3 is 5.97 Å². The topological polar surface area (TPSA) is 50.4 Å². The van der Waals surface area contributed by atoms with Gasteiger partial charge in [-0.2, -0.15) is 0 Å². The first kappa shape index (κ1) is 8.35. The molecule has 1 aromatic heterocycles. The second-order valence-corrected chi connectivity index (χ2v) is 3.46. The number of carboxylic acids is 1. The number of aryl methyl sites for hydroxylation is 2. The minimum Gasteiger partial charge on any atom is -0.481 e. The predicted octanol–water partition coefficient (Wildman–Crippen LogP) is 1.70. The number of furan rings is 1. The molecule has 2 rings (SSSR count). The summed E-state index contributed by atoms with van der Waals surface area (Å²) in [6.45, 7) is 1.84. The van der Waals surface area contributed by atoms with Crippen molar-refractivity contribution in [3.8, 4) is 0 Å². The van der Waals surface area contributed by atoms with Gasteiger partial charge in [-0.1, -0.05) is 0 Å². The number of aliphatic carboxylic acids is 1. The third kappa shape index (κ3) is 1.34. The SMILES string of the molecule is Cc1oc2c(c1CC(=O)O)CCC2. The zero-order chi connectivity index (χ0) is 9.42. The third-order valence-electron chi connectivity index (χ3n) is 2.56. The molecule has 0 spiro atoms. The molecule has 0 fully saturated rings. The van der Waals surface area contributed by atoms with E-state index in [1.54, 1.807) is 0 Å². The molecule has 13 heavy (non-hydrogen) atoms. The van der Waals surface area contributed by atoms with E-state index in [1.807, 2.05) is 6.92 Å². The fraction of sp³-hybridized carbons (Fsp3) is 0.500. The minimum atomic E-state index is -0.779. The summed E-state index contributed by atoms with van der Waals surface area (Å²) in [5.41, 5.74) is 2.06. The monoisotopic (exact) mass is 180 g/mol. The first-order valence-corrected chi connectivity index (χ1v) is 4.50. The van der Waals surface area contributed by atoms with E-state index in [0.29, 0.717) is 0 Å². The van der Waals surface area contributed by atoms with Gasteiger partial charge in [0.25, 0.3) is 0 Å². The van der Waals surface area contributed by atoms with E-state index in [-0.39, 0.29) is 6.42 Å². The van der Waals surface area contributed by atoms with Gasteiger partial charge < -0.3 is 9.52 Å². The quantitative estimate of drug-likeness (QED) is 0.753. The van der Waals surface area contributed by atoms with Gasteiger partial charge in [0.15, 0.2) is 0 Å². The van der Waals surface area contributed by atoms with Gasteiger partial charge in [0, 0.05) is 12.0 Å². The van der Waals surface area contributed by atoms with Crippen molar-refractivity contribution in [1.82, 2.24) is 0 Å². The van der Waals surface area contributed by atoms with Gasteiger partial charge in [-0.05, 0) is 25.3 Å².